The van der Waals surface area contributed by atoms with Gasteiger partial charge in [0.15, 0.2) is 0 Å². The predicted molar refractivity (Wildman–Crippen MR) is 121 cm³/mol. The summed E-state index contributed by atoms with van der Waals surface area (Å²) in [5.41, 5.74) is 3.20. The second kappa shape index (κ2) is 8.16. The fraction of sp³-hybridized carbons (Fsp3) is 0.227. The summed E-state index contributed by atoms with van der Waals surface area (Å²) in [6.07, 6.45) is 0. The standard InChI is InChI=1S/C22H23N5O2S/c1-5-29-17-7-6-8-18-20(17)24-22(30-18)27-19(13-14(2)25-27)23-21(28)15-9-11-16(12-10-15)26(3)4/h6-13H,5H2,1-4H3,(H,23,28). The summed E-state index contributed by atoms with van der Waals surface area (Å²) >= 11 is 1.50. The van der Waals surface area contributed by atoms with Gasteiger partial charge >= 0.3 is 0 Å². The highest BCUT2D eigenvalue weighted by atomic mass is 32.1. The van der Waals surface area contributed by atoms with Crippen LogP contribution in [0.4, 0.5) is 11.5 Å². The molecule has 0 aliphatic rings. The molecule has 0 radical (unpaired) electrons. The van der Waals surface area contributed by atoms with Crippen LogP contribution in [0.1, 0.15) is 23.0 Å². The Morgan fingerprint density at radius 2 is 1.97 bits per heavy atom. The Morgan fingerprint density at radius 3 is 2.67 bits per heavy atom. The summed E-state index contributed by atoms with van der Waals surface area (Å²) in [5.74, 6) is 1.12. The Morgan fingerprint density at radius 1 is 1.20 bits per heavy atom. The van der Waals surface area contributed by atoms with Crippen molar-refractivity contribution in [3.8, 4) is 10.9 Å². The van der Waals surface area contributed by atoms with Crippen LogP contribution in [0.3, 0.4) is 0 Å². The van der Waals surface area contributed by atoms with Crippen molar-refractivity contribution in [1.29, 1.82) is 0 Å². The fourth-order valence-corrected chi connectivity index (χ4v) is 4.06. The van der Waals surface area contributed by atoms with Crippen molar-refractivity contribution >= 4 is 39.0 Å². The summed E-state index contributed by atoms with van der Waals surface area (Å²) in [5, 5.41) is 8.17. The molecule has 0 bridgehead atoms. The van der Waals surface area contributed by atoms with Gasteiger partial charge in [0.2, 0.25) is 5.13 Å². The number of aryl methyl sites for hydroxylation is 1. The van der Waals surface area contributed by atoms with Gasteiger partial charge in [0, 0.05) is 31.4 Å². The van der Waals surface area contributed by atoms with Crippen LogP contribution in [0.15, 0.2) is 48.5 Å². The third-order valence-electron chi connectivity index (χ3n) is 4.57. The van der Waals surface area contributed by atoms with E-state index < -0.39 is 0 Å². The molecule has 2 aromatic carbocycles. The molecule has 0 aliphatic carbocycles. The van der Waals surface area contributed by atoms with Crippen LogP contribution in [0.5, 0.6) is 5.75 Å². The number of para-hydroxylation sites is 1. The van der Waals surface area contributed by atoms with Crippen LogP contribution in [0, 0.1) is 6.92 Å². The van der Waals surface area contributed by atoms with Crippen molar-refractivity contribution in [1.82, 2.24) is 14.8 Å². The number of carbonyl (C=O) groups excluding carboxylic acids is 1. The van der Waals surface area contributed by atoms with Gasteiger partial charge in [-0.05, 0) is 50.2 Å². The van der Waals surface area contributed by atoms with Gasteiger partial charge in [-0.3, -0.25) is 4.79 Å². The first kappa shape index (κ1) is 19.9. The van der Waals surface area contributed by atoms with E-state index in [1.807, 2.05) is 81.4 Å². The minimum Gasteiger partial charge on any atom is -0.492 e. The van der Waals surface area contributed by atoms with Crippen molar-refractivity contribution in [2.24, 2.45) is 0 Å². The zero-order chi connectivity index (χ0) is 21.3. The maximum atomic E-state index is 12.8. The minimum absolute atomic E-state index is 0.197. The molecule has 0 atom stereocenters. The normalized spacial score (nSPS) is 10.9. The van der Waals surface area contributed by atoms with Crippen LogP contribution in [0.25, 0.3) is 15.3 Å². The fourth-order valence-electron chi connectivity index (χ4n) is 3.11. The molecule has 0 fully saturated rings. The van der Waals surface area contributed by atoms with E-state index in [1.165, 1.54) is 11.3 Å². The number of carbonyl (C=O) groups is 1. The zero-order valence-corrected chi connectivity index (χ0v) is 18.2. The van der Waals surface area contributed by atoms with E-state index in [9.17, 15) is 4.79 Å². The SMILES string of the molecule is CCOc1cccc2sc(-n3nc(C)cc3NC(=O)c3ccc(N(C)C)cc3)nc12. The lowest BCUT2D eigenvalue weighted by Gasteiger charge is -2.12. The lowest BCUT2D eigenvalue weighted by Crippen LogP contribution is -2.15. The largest absolute Gasteiger partial charge is 0.492 e. The van der Waals surface area contributed by atoms with Gasteiger partial charge in [0.1, 0.15) is 17.1 Å². The van der Waals surface area contributed by atoms with Crippen LogP contribution < -0.4 is 15.0 Å². The van der Waals surface area contributed by atoms with E-state index in [4.69, 9.17) is 9.72 Å². The van der Waals surface area contributed by atoms with Gasteiger partial charge in [-0.1, -0.05) is 17.4 Å². The molecule has 8 heteroatoms. The molecule has 7 nitrogen and oxygen atoms in total. The van der Waals surface area contributed by atoms with Gasteiger partial charge in [-0.2, -0.15) is 9.78 Å². The molecule has 0 spiro atoms. The summed E-state index contributed by atoms with van der Waals surface area (Å²) in [4.78, 5) is 19.5. The van der Waals surface area contributed by atoms with Crippen molar-refractivity contribution in [2.45, 2.75) is 13.8 Å². The number of benzene rings is 2. The summed E-state index contributed by atoms with van der Waals surface area (Å²) < 4.78 is 8.36. The highest BCUT2D eigenvalue weighted by Gasteiger charge is 2.17. The highest BCUT2D eigenvalue weighted by Crippen LogP contribution is 2.32. The number of aromatic nitrogens is 3. The molecule has 2 heterocycles. The first-order valence-electron chi connectivity index (χ1n) is 9.64. The Hall–Kier alpha value is -3.39. The summed E-state index contributed by atoms with van der Waals surface area (Å²) in [6.45, 7) is 4.40. The molecule has 1 amide bonds. The van der Waals surface area contributed by atoms with E-state index in [0.717, 1.165) is 27.3 Å². The molecule has 0 aliphatic heterocycles. The van der Waals surface area contributed by atoms with E-state index in [2.05, 4.69) is 10.4 Å². The number of amides is 1. The number of hydrogen-bond donors (Lipinski definition) is 1. The molecule has 0 saturated carbocycles. The lowest BCUT2D eigenvalue weighted by molar-refractivity contribution is 0.102. The number of hydrogen-bond acceptors (Lipinski definition) is 6. The molecule has 154 valence electrons. The quantitative estimate of drug-likeness (QED) is 0.496. The minimum atomic E-state index is -0.197. The second-order valence-electron chi connectivity index (χ2n) is 7.01. The van der Waals surface area contributed by atoms with E-state index in [0.29, 0.717) is 23.1 Å². The average Bonchev–Trinajstić information content (AvgIpc) is 3.32. The van der Waals surface area contributed by atoms with Gasteiger partial charge in [0.05, 0.1) is 17.0 Å². The molecule has 0 saturated heterocycles. The van der Waals surface area contributed by atoms with Gasteiger partial charge in [0.25, 0.3) is 5.91 Å². The van der Waals surface area contributed by atoms with Gasteiger partial charge in [-0.25, -0.2) is 4.98 Å². The van der Waals surface area contributed by atoms with Crippen molar-refractivity contribution in [3.05, 3.63) is 59.8 Å². The monoisotopic (exact) mass is 421 g/mol. The number of anilines is 2. The predicted octanol–water partition coefficient (Wildman–Crippen LogP) is 4.51. The van der Waals surface area contributed by atoms with Crippen LogP contribution in [-0.2, 0) is 0 Å². The van der Waals surface area contributed by atoms with Gasteiger partial charge in [-0.15, -0.1) is 0 Å². The second-order valence-corrected chi connectivity index (χ2v) is 8.02. The van der Waals surface area contributed by atoms with Crippen LogP contribution in [-0.4, -0.2) is 41.4 Å². The average molecular weight is 422 g/mol. The zero-order valence-electron chi connectivity index (χ0n) is 17.3. The summed E-state index contributed by atoms with van der Waals surface area (Å²) in [6, 6.07) is 15.1. The number of rotatable bonds is 6. The lowest BCUT2D eigenvalue weighted by atomic mass is 10.2. The molecule has 2 aromatic heterocycles. The topological polar surface area (TPSA) is 72.3 Å². The maximum absolute atomic E-state index is 12.8. The van der Waals surface area contributed by atoms with E-state index in [1.54, 1.807) is 4.68 Å². The Bertz CT molecular complexity index is 1190. The third kappa shape index (κ3) is 3.86. The van der Waals surface area contributed by atoms with Crippen LogP contribution >= 0.6 is 11.3 Å². The summed E-state index contributed by atoms with van der Waals surface area (Å²) in [7, 11) is 3.93. The Balaban J connectivity index is 1.65. The smallest absolute Gasteiger partial charge is 0.256 e. The Labute approximate surface area is 178 Å². The maximum Gasteiger partial charge on any atom is 0.256 e. The first-order chi connectivity index (χ1) is 14.5. The first-order valence-corrected chi connectivity index (χ1v) is 10.5. The molecule has 4 aromatic rings. The molecule has 1 N–H and O–H groups in total. The number of fused-ring (bicyclic) bond motifs is 1. The Kier molecular flexibility index (Phi) is 5.41. The number of nitrogens with zero attached hydrogens (tertiary/aromatic N) is 4. The number of ether oxygens (including phenoxy) is 1. The number of thiazole rings is 1. The van der Waals surface area contributed by atoms with Gasteiger partial charge < -0.3 is 15.0 Å². The molecule has 0 unspecified atom stereocenters. The molecular formula is C22H23N5O2S. The van der Waals surface area contributed by atoms with E-state index >= 15 is 0 Å². The highest BCUT2D eigenvalue weighted by molar-refractivity contribution is 7.20. The molecular weight excluding hydrogens is 398 g/mol. The van der Waals surface area contributed by atoms with Crippen molar-refractivity contribution in [2.75, 3.05) is 30.9 Å². The van der Waals surface area contributed by atoms with Crippen LogP contribution in [0.2, 0.25) is 0 Å². The van der Waals surface area contributed by atoms with Crippen molar-refractivity contribution in [3.63, 3.8) is 0 Å². The number of nitrogens with one attached hydrogen (secondary N) is 1. The third-order valence-corrected chi connectivity index (χ3v) is 5.57. The van der Waals surface area contributed by atoms with Crippen molar-refractivity contribution < 1.29 is 9.53 Å². The molecule has 4 rings (SSSR count). The molecule has 30 heavy (non-hydrogen) atoms. The van der Waals surface area contributed by atoms with E-state index in [-0.39, 0.29) is 5.91 Å².